The van der Waals surface area contributed by atoms with Gasteiger partial charge in [0.05, 0.1) is 18.9 Å². The van der Waals surface area contributed by atoms with Crippen LogP contribution in [-0.4, -0.2) is 19.1 Å². The van der Waals surface area contributed by atoms with Crippen molar-refractivity contribution in [3.05, 3.63) is 18.2 Å². The van der Waals surface area contributed by atoms with Gasteiger partial charge in [-0.3, -0.25) is 4.79 Å². The van der Waals surface area contributed by atoms with E-state index in [1.807, 2.05) is 0 Å². The van der Waals surface area contributed by atoms with Crippen molar-refractivity contribution in [1.29, 1.82) is 5.26 Å². The maximum Gasteiger partial charge on any atom is 0.224 e. The molecule has 1 amide bonds. The first kappa shape index (κ1) is 13.8. The highest BCUT2D eigenvalue weighted by Crippen LogP contribution is 2.28. The van der Waals surface area contributed by atoms with Crippen LogP contribution in [0.4, 0.5) is 11.4 Å². The fourth-order valence-corrected chi connectivity index (χ4v) is 1.41. The SMILES string of the molecule is CCC(=O)Nc1ccc(OC)c(NC(C)C#N)c1. The summed E-state index contributed by atoms with van der Waals surface area (Å²) >= 11 is 0. The Kier molecular flexibility index (Phi) is 5.00. The molecule has 1 atom stereocenters. The van der Waals surface area contributed by atoms with Gasteiger partial charge in [0, 0.05) is 12.1 Å². The number of benzene rings is 1. The summed E-state index contributed by atoms with van der Waals surface area (Å²) in [5.74, 6) is 0.575. The summed E-state index contributed by atoms with van der Waals surface area (Å²) in [5.41, 5.74) is 1.36. The normalized spacial score (nSPS) is 11.2. The molecular formula is C13H17N3O2. The maximum atomic E-state index is 11.3. The van der Waals surface area contributed by atoms with Crippen molar-refractivity contribution in [3.63, 3.8) is 0 Å². The van der Waals surface area contributed by atoms with Gasteiger partial charge >= 0.3 is 0 Å². The molecule has 0 aliphatic heterocycles. The zero-order valence-corrected chi connectivity index (χ0v) is 10.8. The van der Waals surface area contributed by atoms with E-state index in [0.29, 0.717) is 23.5 Å². The van der Waals surface area contributed by atoms with Crippen LogP contribution in [0.25, 0.3) is 0 Å². The van der Waals surface area contributed by atoms with Crippen molar-refractivity contribution in [2.24, 2.45) is 0 Å². The minimum atomic E-state index is -0.337. The molecule has 2 N–H and O–H groups in total. The van der Waals surface area contributed by atoms with Gasteiger partial charge in [-0.1, -0.05) is 6.92 Å². The Hall–Kier alpha value is -2.22. The molecule has 0 aliphatic rings. The average Bonchev–Trinajstić information content (AvgIpc) is 2.38. The Morgan fingerprint density at radius 1 is 1.56 bits per heavy atom. The molecule has 0 radical (unpaired) electrons. The van der Waals surface area contributed by atoms with Gasteiger partial charge in [0.2, 0.25) is 5.91 Å². The summed E-state index contributed by atoms with van der Waals surface area (Å²) in [6.45, 7) is 3.53. The van der Waals surface area contributed by atoms with Crippen molar-refractivity contribution < 1.29 is 9.53 Å². The second-order valence-electron chi connectivity index (χ2n) is 3.81. The summed E-state index contributed by atoms with van der Waals surface area (Å²) < 4.78 is 5.19. The Morgan fingerprint density at radius 2 is 2.28 bits per heavy atom. The second-order valence-corrected chi connectivity index (χ2v) is 3.81. The molecule has 5 heteroatoms. The summed E-state index contributed by atoms with van der Waals surface area (Å²) in [6, 6.07) is 7.00. The Labute approximate surface area is 107 Å². The highest BCUT2D eigenvalue weighted by atomic mass is 16.5. The second kappa shape index (κ2) is 6.50. The molecule has 96 valence electrons. The molecule has 0 saturated carbocycles. The van der Waals surface area contributed by atoms with E-state index in [0.717, 1.165) is 0 Å². The van der Waals surface area contributed by atoms with Crippen LogP contribution in [0.15, 0.2) is 18.2 Å². The molecule has 1 aromatic carbocycles. The lowest BCUT2D eigenvalue weighted by atomic mass is 10.2. The molecule has 0 saturated heterocycles. The van der Waals surface area contributed by atoms with Gasteiger partial charge in [-0.15, -0.1) is 0 Å². The highest BCUT2D eigenvalue weighted by Gasteiger charge is 2.08. The molecule has 0 fully saturated rings. The molecule has 0 spiro atoms. The van der Waals surface area contributed by atoms with Crippen molar-refractivity contribution in [2.75, 3.05) is 17.7 Å². The first-order valence-corrected chi connectivity index (χ1v) is 5.74. The largest absolute Gasteiger partial charge is 0.495 e. The lowest BCUT2D eigenvalue weighted by molar-refractivity contribution is -0.115. The number of nitriles is 1. The molecule has 1 unspecified atom stereocenters. The third-order valence-corrected chi connectivity index (χ3v) is 2.37. The number of hydrogen-bond donors (Lipinski definition) is 2. The standard InChI is InChI=1S/C13H17N3O2/c1-4-13(17)16-10-5-6-12(18-3)11(7-10)15-9(2)8-14/h5-7,9,15H,4H2,1-3H3,(H,16,17). The summed E-state index contributed by atoms with van der Waals surface area (Å²) in [4.78, 5) is 11.3. The van der Waals surface area contributed by atoms with E-state index in [1.165, 1.54) is 0 Å². The van der Waals surface area contributed by atoms with E-state index in [9.17, 15) is 4.79 Å². The fourth-order valence-electron chi connectivity index (χ4n) is 1.41. The van der Waals surface area contributed by atoms with Gasteiger partial charge in [0.25, 0.3) is 0 Å². The van der Waals surface area contributed by atoms with E-state index in [1.54, 1.807) is 39.2 Å². The van der Waals surface area contributed by atoms with Crippen LogP contribution < -0.4 is 15.4 Å². The molecule has 5 nitrogen and oxygen atoms in total. The van der Waals surface area contributed by atoms with E-state index in [2.05, 4.69) is 16.7 Å². The molecular weight excluding hydrogens is 230 g/mol. The lowest BCUT2D eigenvalue weighted by Crippen LogP contribution is -2.14. The number of nitrogens with zero attached hydrogens (tertiary/aromatic N) is 1. The molecule has 0 aromatic heterocycles. The molecule has 1 aromatic rings. The maximum absolute atomic E-state index is 11.3. The Morgan fingerprint density at radius 3 is 2.83 bits per heavy atom. The topological polar surface area (TPSA) is 74.2 Å². The van der Waals surface area contributed by atoms with Crippen molar-refractivity contribution in [1.82, 2.24) is 0 Å². The number of amides is 1. The first-order valence-electron chi connectivity index (χ1n) is 5.74. The molecule has 1 rings (SSSR count). The predicted octanol–water partition coefficient (Wildman–Crippen LogP) is 2.37. The van der Waals surface area contributed by atoms with Gasteiger partial charge in [-0.05, 0) is 25.1 Å². The lowest BCUT2D eigenvalue weighted by Gasteiger charge is -2.14. The van der Waals surface area contributed by atoms with Crippen LogP contribution in [0.1, 0.15) is 20.3 Å². The van der Waals surface area contributed by atoms with Crippen molar-refractivity contribution in [3.8, 4) is 11.8 Å². The predicted molar refractivity (Wildman–Crippen MR) is 70.6 cm³/mol. The van der Waals surface area contributed by atoms with Gasteiger partial charge < -0.3 is 15.4 Å². The molecule has 0 aliphatic carbocycles. The third-order valence-electron chi connectivity index (χ3n) is 2.37. The van der Waals surface area contributed by atoms with Gasteiger partial charge in [-0.25, -0.2) is 0 Å². The van der Waals surface area contributed by atoms with E-state index in [-0.39, 0.29) is 11.9 Å². The van der Waals surface area contributed by atoms with E-state index < -0.39 is 0 Å². The van der Waals surface area contributed by atoms with Gasteiger partial charge in [0.15, 0.2) is 0 Å². The van der Waals surface area contributed by atoms with Crippen LogP contribution in [0.5, 0.6) is 5.75 Å². The summed E-state index contributed by atoms with van der Waals surface area (Å²) in [6.07, 6.45) is 0.420. The summed E-state index contributed by atoms with van der Waals surface area (Å²) in [5, 5.41) is 14.6. The molecule has 0 bridgehead atoms. The number of ether oxygens (including phenoxy) is 1. The van der Waals surface area contributed by atoms with Crippen molar-refractivity contribution in [2.45, 2.75) is 26.3 Å². The first-order chi connectivity index (χ1) is 8.60. The zero-order valence-electron chi connectivity index (χ0n) is 10.8. The van der Waals surface area contributed by atoms with E-state index >= 15 is 0 Å². The third kappa shape index (κ3) is 3.67. The van der Waals surface area contributed by atoms with Gasteiger partial charge in [0.1, 0.15) is 11.8 Å². The number of nitrogens with one attached hydrogen (secondary N) is 2. The number of hydrogen-bond acceptors (Lipinski definition) is 4. The Bertz CT molecular complexity index is 466. The Balaban J connectivity index is 2.95. The van der Waals surface area contributed by atoms with Crippen LogP contribution in [0.2, 0.25) is 0 Å². The highest BCUT2D eigenvalue weighted by molar-refractivity contribution is 5.91. The number of methoxy groups -OCH3 is 1. The smallest absolute Gasteiger partial charge is 0.224 e. The minimum absolute atomic E-state index is 0.0561. The van der Waals surface area contributed by atoms with Crippen molar-refractivity contribution >= 4 is 17.3 Å². The molecule has 0 heterocycles. The van der Waals surface area contributed by atoms with Crippen LogP contribution in [0.3, 0.4) is 0 Å². The average molecular weight is 247 g/mol. The number of anilines is 2. The van der Waals surface area contributed by atoms with Gasteiger partial charge in [-0.2, -0.15) is 5.26 Å². The van der Waals surface area contributed by atoms with Crippen LogP contribution in [-0.2, 0) is 4.79 Å². The quantitative estimate of drug-likeness (QED) is 0.837. The fraction of sp³-hybridized carbons (Fsp3) is 0.385. The molecule has 18 heavy (non-hydrogen) atoms. The van der Waals surface area contributed by atoms with E-state index in [4.69, 9.17) is 10.00 Å². The number of carbonyl (C=O) groups excluding carboxylic acids is 1. The van der Waals surface area contributed by atoms with Crippen LogP contribution >= 0.6 is 0 Å². The zero-order chi connectivity index (χ0) is 13.5. The monoisotopic (exact) mass is 247 g/mol. The van der Waals surface area contributed by atoms with Crippen LogP contribution in [0, 0.1) is 11.3 Å². The number of rotatable bonds is 5. The summed E-state index contributed by atoms with van der Waals surface area (Å²) in [7, 11) is 1.56. The number of carbonyl (C=O) groups is 1. The minimum Gasteiger partial charge on any atom is -0.495 e.